The Balaban J connectivity index is 1.93. The van der Waals surface area contributed by atoms with E-state index < -0.39 is 0 Å². The molecule has 0 amide bonds. The minimum Gasteiger partial charge on any atom is -0.258 e. The maximum Gasteiger partial charge on any atom is 0.278 e. The van der Waals surface area contributed by atoms with Crippen LogP contribution in [0.1, 0.15) is 25.0 Å². The monoisotopic (exact) mass is 393 g/mol. The topological polar surface area (TPSA) is 43.1 Å². The fraction of sp³-hybridized carbons (Fsp3) is 0.143. The summed E-state index contributed by atoms with van der Waals surface area (Å²) in [6.45, 7) is 4.41. The quantitative estimate of drug-likeness (QED) is 0.377. The van der Waals surface area contributed by atoms with E-state index in [9.17, 15) is 10.1 Å². The van der Waals surface area contributed by atoms with Crippen LogP contribution < -0.4 is 0 Å². The molecule has 1 aliphatic carbocycles. The normalized spacial score (nSPS) is 14.0. The zero-order valence-electron chi connectivity index (χ0n) is 13.9. The summed E-state index contributed by atoms with van der Waals surface area (Å²) in [6.07, 6.45) is 0. The minimum absolute atomic E-state index is 0.114. The van der Waals surface area contributed by atoms with Gasteiger partial charge in [0.2, 0.25) is 0 Å². The van der Waals surface area contributed by atoms with Crippen molar-refractivity contribution in [3.8, 4) is 22.3 Å². The maximum absolute atomic E-state index is 11.5. The zero-order chi connectivity index (χ0) is 17.8. The molecule has 0 aromatic heterocycles. The fourth-order valence-electron chi connectivity index (χ4n) is 3.77. The summed E-state index contributed by atoms with van der Waals surface area (Å²) in [6, 6.07) is 19.8. The van der Waals surface area contributed by atoms with Gasteiger partial charge in [0.15, 0.2) is 0 Å². The minimum atomic E-state index is -0.326. The molecule has 0 aliphatic heterocycles. The van der Waals surface area contributed by atoms with Gasteiger partial charge in [-0.05, 0) is 46.0 Å². The van der Waals surface area contributed by atoms with Crippen molar-refractivity contribution in [3.63, 3.8) is 0 Å². The van der Waals surface area contributed by atoms with Crippen molar-refractivity contribution in [2.45, 2.75) is 19.3 Å². The van der Waals surface area contributed by atoms with E-state index in [1.807, 2.05) is 12.1 Å². The first-order valence-electron chi connectivity index (χ1n) is 8.08. The molecule has 0 unspecified atom stereocenters. The van der Waals surface area contributed by atoms with Gasteiger partial charge in [0, 0.05) is 16.0 Å². The molecule has 1 aliphatic rings. The predicted octanol–water partition coefficient (Wildman–Crippen LogP) is 6.33. The molecule has 4 rings (SSSR count). The summed E-state index contributed by atoms with van der Waals surface area (Å²) in [5, 5.41) is 11.5. The first-order chi connectivity index (χ1) is 11.9. The van der Waals surface area contributed by atoms with Gasteiger partial charge in [0.05, 0.1) is 10.5 Å². The SMILES string of the molecule is CC1(C)c2ccccc2-c2ccc(-c3ccc(Br)cc3[N+](=O)[O-])cc21. The lowest BCUT2D eigenvalue weighted by atomic mass is 9.81. The summed E-state index contributed by atoms with van der Waals surface area (Å²) in [5.74, 6) is 0. The van der Waals surface area contributed by atoms with Crippen molar-refractivity contribution in [3.05, 3.63) is 86.4 Å². The van der Waals surface area contributed by atoms with Crippen molar-refractivity contribution in [1.82, 2.24) is 0 Å². The van der Waals surface area contributed by atoms with E-state index in [2.05, 4.69) is 66.2 Å². The highest BCUT2D eigenvalue weighted by Crippen LogP contribution is 2.49. The van der Waals surface area contributed by atoms with E-state index in [-0.39, 0.29) is 16.0 Å². The Morgan fingerprint density at radius 3 is 2.32 bits per heavy atom. The molecule has 25 heavy (non-hydrogen) atoms. The standard InChI is InChI=1S/C21H16BrNO2/c1-21(2)18-6-4-3-5-16(18)17-9-7-13(11-19(17)21)15-10-8-14(22)12-20(15)23(24)25/h3-12H,1-2H3. The molecular weight excluding hydrogens is 378 g/mol. The molecule has 0 saturated heterocycles. The van der Waals surface area contributed by atoms with Gasteiger partial charge < -0.3 is 0 Å². The van der Waals surface area contributed by atoms with Gasteiger partial charge in [-0.3, -0.25) is 10.1 Å². The van der Waals surface area contributed by atoms with Gasteiger partial charge in [-0.25, -0.2) is 0 Å². The molecule has 0 fully saturated rings. The van der Waals surface area contributed by atoms with E-state index in [1.165, 1.54) is 22.3 Å². The Bertz CT molecular complexity index is 1020. The molecule has 3 aromatic rings. The highest BCUT2D eigenvalue weighted by molar-refractivity contribution is 9.10. The third-order valence-electron chi connectivity index (χ3n) is 5.05. The summed E-state index contributed by atoms with van der Waals surface area (Å²) in [7, 11) is 0. The summed E-state index contributed by atoms with van der Waals surface area (Å²) >= 11 is 3.32. The number of benzene rings is 3. The Morgan fingerprint density at radius 1 is 0.880 bits per heavy atom. The van der Waals surface area contributed by atoms with Crippen molar-refractivity contribution in [1.29, 1.82) is 0 Å². The lowest BCUT2D eigenvalue weighted by molar-refractivity contribution is -0.384. The van der Waals surface area contributed by atoms with Crippen LogP contribution in [0.15, 0.2) is 65.1 Å². The first-order valence-corrected chi connectivity index (χ1v) is 8.87. The molecule has 0 N–H and O–H groups in total. The molecule has 0 spiro atoms. The van der Waals surface area contributed by atoms with Crippen molar-refractivity contribution < 1.29 is 4.92 Å². The Kier molecular flexibility index (Phi) is 3.55. The third kappa shape index (κ3) is 2.40. The molecular formula is C21H16BrNO2. The Morgan fingerprint density at radius 2 is 1.56 bits per heavy atom. The second-order valence-corrected chi connectivity index (χ2v) is 7.77. The van der Waals surface area contributed by atoms with Crippen LogP contribution >= 0.6 is 15.9 Å². The van der Waals surface area contributed by atoms with E-state index in [1.54, 1.807) is 12.1 Å². The van der Waals surface area contributed by atoms with Gasteiger partial charge in [0.1, 0.15) is 0 Å². The Labute approximate surface area is 154 Å². The van der Waals surface area contributed by atoms with E-state index in [4.69, 9.17) is 0 Å². The first kappa shape index (κ1) is 16.0. The molecule has 4 heteroatoms. The molecule has 3 aromatic carbocycles. The molecule has 124 valence electrons. The predicted molar refractivity (Wildman–Crippen MR) is 104 cm³/mol. The highest BCUT2D eigenvalue weighted by atomic mass is 79.9. The molecule has 0 heterocycles. The maximum atomic E-state index is 11.5. The zero-order valence-corrected chi connectivity index (χ0v) is 15.5. The van der Waals surface area contributed by atoms with E-state index in [0.29, 0.717) is 10.0 Å². The van der Waals surface area contributed by atoms with Gasteiger partial charge in [-0.1, -0.05) is 66.2 Å². The summed E-state index contributed by atoms with van der Waals surface area (Å²) in [5.41, 5.74) is 6.48. The number of nitro benzene ring substituents is 1. The second-order valence-electron chi connectivity index (χ2n) is 6.85. The number of halogens is 1. The Hall–Kier alpha value is -2.46. The third-order valence-corrected chi connectivity index (χ3v) is 5.54. The number of hydrogen-bond acceptors (Lipinski definition) is 2. The van der Waals surface area contributed by atoms with Crippen LogP contribution in [0.2, 0.25) is 0 Å². The van der Waals surface area contributed by atoms with Gasteiger partial charge in [0.25, 0.3) is 5.69 Å². The van der Waals surface area contributed by atoms with Crippen LogP contribution in [0.5, 0.6) is 0 Å². The largest absolute Gasteiger partial charge is 0.278 e. The smallest absolute Gasteiger partial charge is 0.258 e. The van der Waals surface area contributed by atoms with Crippen molar-refractivity contribution in [2.75, 3.05) is 0 Å². The molecule has 0 atom stereocenters. The fourth-order valence-corrected chi connectivity index (χ4v) is 4.12. The van der Waals surface area contributed by atoms with Crippen molar-refractivity contribution in [2.24, 2.45) is 0 Å². The van der Waals surface area contributed by atoms with E-state index >= 15 is 0 Å². The number of fused-ring (bicyclic) bond motifs is 3. The van der Waals surface area contributed by atoms with Gasteiger partial charge >= 0.3 is 0 Å². The van der Waals surface area contributed by atoms with Crippen LogP contribution in [-0.2, 0) is 5.41 Å². The van der Waals surface area contributed by atoms with Crippen LogP contribution in [0.25, 0.3) is 22.3 Å². The number of rotatable bonds is 2. The number of hydrogen-bond donors (Lipinski definition) is 0. The molecule has 0 saturated carbocycles. The van der Waals surface area contributed by atoms with Crippen LogP contribution in [0.4, 0.5) is 5.69 Å². The van der Waals surface area contributed by atoms with Crippen LogP contribution in [0.3, 0.4) is 0 Å². The van der Waals surface area contributed by atoms with Gasteiger partial charge in [-0.15, -0.1) is 0 Å². The number of nitrogens with zero attached hydrogens (tertiary/aromatic N) is 1. The second kappa shape index (κ2) is 5.53. The van der Waals surface area contributed by atoms with Crippen molar-refractivity contribution >= 4 is 21.6 Å². The molecule has 3 nitrogen and oxygen atoms in total. The lowest BCUT2D eigenvalue weighted by Gasteiger charge is -2.22. The van der Waals surface area contributed by atoms with Gasteiger partial charge in [-0.2, -0.15) is 0 Å². The average Bonchev–Trinajstić information content (AvgIpc) is 2.83. The van der Waals surface area contributed by atoms with E-state index in [0.717, 1.165) is 5.56 Å². The summed E-state index contributed by atoms with van der Waals surface area (Å²) in [4.78, 5) is 11.1. The average molecular weight is 394 g/mol. The highest BCUT2D eigenvalue weighted by Gasteiger charge is 2.35. The summed E-state index contributed by atoms with van der Waals surface area (Å²) < 4.78 is 0.705. The van der Waals surface area contributed by atoms with Crippen LogP contribution in [-0.4, -0.2) is 4.92 Å². The molecule has 0 bridgehead atoms. The number of nitro groups is 1. The van der Waals surface area contributed by atoms with Crippen LogP contribution in [0, 0.1) is 10.1 Å². The molecule has 0 radical (unpaired) electrons. The lowest BCUT2D eigenvalue weighted by Crippen LogP contribution is -2.14.